The summed E-state index contributed by atoms with van der Waals surface area (Å²) in [4.78, 5) is 1.32. The number of ether oxygens (including phenoxy) is 6. The van der Waals surface area contributed by atoms with Gasteiger partial charge in [-0.3, -0.25) is 0 Å². The third-order valence-corrected chi connectivity index (χ3v) is 9.53. The number of thiophene rings is 1. The van der Waals surface area contributed by atoms with E-state index in [4.69, 9.17) is 28.4 Å². The summed E-state index contributed by atoms with van der Waals surface area (Å²) in [5.41, 5.74) is 2.37. The van der Waals surface area contributed by atoms with Crippen molar-refractivity contribution in [2.75, 3.05) is 40.1 Å². The number of unbranched alkanes of at least 4 members (excludes halogenated alkanes) is 4. The monoisotopic (exact) mass is 640 g/mol. The van der Waals surface area contributed by atoms with E-state index in [9.17, 15) is 0 Å². The van der Waals surface area contributed by atoms with Crippen molar-refractivity contribution >= 4 is 21.4 Å². The van der Waals surface area contributed by atoms with Gasteiger partial charge in [-0.2, -0.15) is 0 Å². The molecule has 0 aliphatic carbocycles. The second-order valence-corrected chi connectivity index (χ2v) is 13.3. The molecule has 0 amide bonds. The van der Waals surface area contributed by atoms with E-state index in [1.807, 2.05) is 17.4 Å². The molecule has 0 N–H and O–H groups in total. The second-order valence-electron chi connectivity index (χ2n) is 12.1. The molecule has 0 radical (unpaired) electrons. The van der Waals surface area contributed by atoms with Gasteiger partial charge >= 0.3 is 0 Å². The number of hydrogen-bond acceptors (Lipinski definition) is 7. The fourth-order valence-electron chi connectivity index (χ4n) is 5.80. The van der Waals surface area contributed by atoms with E-state index in [0.717, 1.165) is 75.7 Å². The molecule has 3 aromatic rings. The summed E-state index contributed by atoms with van der Waals surface area (Å²) in [6.07, 6.45) is 7.88. The minimum atomic E-state index is -0.286. The lowest BCUT2D eigenvalue weighted by Gasteiger charge is -2.46. The summed E-state index contributed by atoms with van der Waals surface area (Å²) in [6, 6.07) is 17.4. The average molecular weight is 641 g/mol. The molecular formula is C38H56O6S. The molecule has 7 heteroatoms. The third-order valence-electron chi connectivity index (χ3n) is 8.42. The highest BCUT2D eigenvalue weighted by atomic mass is 32.1. The van der Waals surface area contributed by atoms with Crippen molar-refractivity contribution in [1.82, 2.24) is 0 Å². The van der Waals surface area contributed by atoms with Crippen LogP contribution in [0.5, 0.6) is 5.75 Å². The molecule has 5 atom stereocenters. The molecule has 1 fully saturated rings. The molecule has 6 nitrogen and oxygen atoms in total. The number of methoxy groups -OCH3 is 1. The fourth-order valence-corrected chi connectivity index (χ4v) is 6.88. The molecule has 0 bridgehead atoms. The van der Waals surface area contributed by atoms with Crippen LogP contribution in [0.3, 0.4) is 0 Å². The van der Waals surface area contributed by atoms with Gasteiger partial charge in [0.15, 0.2) is 0 Å². The molecule has 2 heterocycles. The van der Waals surface area contributed by atoms with Gasteiger partial charge in [0.2, 0.25) is 0 Å². The van der Waals surface area contributed by atoms with Crippen molar-refractivity contribution in [3.8, 4) is 5.75 Å². The molecule has 45 heavy (non-hydrogen) atoms. The van der Waals surface area contributed by atoms with Crippen molar-refractivity contribution in [3.05, 3.63) is 64.5 Å². The predicted molar refractivity (Wildman–Crippen MR) is 185 cm³/mol. The standard InChI is InChI=1S/C38H56O6S/c1-6-10-19-40-27-33-36(41-20-11-7-2)38(43-22-13-9-4)37(42-21-12-8-3)35(44-33)29-16-14-15-28(23-29)24-32-26-30-25-31(39-5)17-18-34(30)45-32/h14-18,23,25-26,33,35-38H,6-13,19-22,24,27H2,1-5H3/t33-,35+,36-,37+,38+/m1/s1. The van der Waals surface area contributed by atoms with Crippen LogP contribution in [0.4, 0.5) is 0 Å². The topological polar surface area (TPSA) is 55.4 Å². The van der Waals surface area contributed by atoms with Crippen LogP contribution in [0, 0.1) is 0 Å². The molecule has 1 aliphatic rings. The fraction of sp³-hybridized carbons (Fsp3) is 0.632. The average Bonchev–Trinajstić information content (AvgIpc) is 3.46. The van der Waals surface area contributed by atoms with Crippen molar-refractivity contribution < 1.29 is 28.4 Å². The molecule has 1 saturated heterocycles. The lowest BCUT2D eigenvalue weighted by molar-refractivity contribution is -0.268. The van der Waals surface area contributed by atoms with Gasteiger partial charge in [-0.1, -0.05) is 77.6 Å². The van der Waals surface area contributed by atoms with Gasteiger partial charge in [0.25, 0.3) is 0 Å². The van der Waals surface area contributed by atoms with Crippen molar-refractivity contribution in [1.29, 1.82) is 0 Å². The number of fused-ring (bicyclic) bond motifs is 1. The van der Waals surface area contributed by atoms with Crippen molar-refractivity contribution in [2.24, 2.45) is 0 Å². The van der Waals surface area contributed by atoms with Gasteiger partial charge in [-0.05, 0) is 66.5 Å². The maximum Gasteiger partial charge on any atom is 0.119 e. The predicted octanol–water partition coefficient (Wildman–Crippen LogP) is 9.31. The number of rotatable bonds is 21. The van der Waals surface area contributed by atoms with Crippen LogP contribution in [0.2, 0.25) is 0 Å². The SMILES string of the molecule is CCCCOC[C@H]1O[C@@H](c2cccc(Cc3cc4cc(OC)ccc4s3)c2)[C@H](OCCCC)[C@@H](OCCCC)[C@@H]1OCCCC. The first-order valence-corrected chi connectivity index (χ1v) is 18.2. The van der Waals surface area contributed by atoms with Crippen LogP contribution in [0.15, 0.2) is 48.5 Å². The smallest absolute Gasteiger partial charge is 0.119 e. The van der Waals surface area contributed by atoms with Crippen LogP contribution in [0.25, 0.3) is 10.1 Å². The summed E-state index contributed by atoms with van der Waals surface area (Å²) >= 11 is 1.84. The van der Waals surface area contributed by atoms with E-state index < -0.39 is 0 Å². The van der Waals surface area contributed by atoms with Crippen LogP contribution in [-0.4, -0.2) is 64.6 Å². The van der Waals surface area contributed by atoms with Gasteiger partial charge < -0.3 is 28.4 Å². The zero-order valence-electron chi connectivity index (χ0n) is 28.3. The summed E-state index contributed by atoms with van der Waals surface area (Å²) in [5.74, 6) is 0.887. The maximum atomic E-state index is 6.99. The van der Waals surface area contributed by atoms with E-state index in [1.54, 1.807) is 7.11 Å². The van der Waals surface area contributed by atoms with Crippen molar-refractivity contribution in [3.63, 3.8) is 0 Å². The lowest BCUT2D eigenvalue weighted by Crippen LogP contribution is -2.58. The van der Waals surface area contributed by atoms with Crippen LogP contribution in [0.1, 0.15) is 101 Å². The number of benzene rings is 2. The van der Waals surface area contributed by atoms with E-state index in [2.05, 4.69) is 70.2 Å². The van der Waals surface area contributed by atoms with E-state index >= 15 is 0 Å². The normalized spacial score (nSPS) is 21.8. The second kappa shape index (κ2) is 19.6. The van der Waals surface area contributed by atoms with E-state index in [1.165, 1.54) is 20.5 Å². The molecule has 4 rings (SSSR count). The highest BCUT2D eigenvalue weighted by molar-refractivity contribution is 7.19. The minimum absolute atomic E-state index is 0.245. The molecule has 1 aromatic heterocycles. The highest BCUT2D eigenvalue weighted by Gasteiger charge is 2.48. The highest BCUT2D eigenvalue weighted by Crippen LogP contribution is 2.38. The van der Waals surface area contributed by atoms with Gasteiger partial charge in [-0.25, -0.2) is 0 Å². The molecule has 0 saturated carbocycles. The molecular weight excluding hydrogens is 584 g/mol. The van der Waals surface area contributed by atoms with Gasteiger partial charge in [0.1, 0.15) is 36.3 Å². The largest absolute Gasteiger partial charge is 0.497 e. The first-order chi connectivity index (χ1) is 22.1. The maximum absolute atomic E-state index is 6.99. The van der Waals surface area contributed by atoms with Crippen LogP contribution in [-0.2, 0) is 30.1 Å². The van der Waals surface area contributed by atoms with E-state index in [-0.39, 0.29) is 30.5 Å². The van der Waals surface area contributed by atoms with Crippen LogP contribution < -0.4 is 4.74 Å². The Kier molecular flexibility index (Phi) is 15.6. The first-order valence-electron chi connectivity index (χ1n) is 17.3. The molecule has 2 aromatic carbocycles. The summed E-state index contributed by atoms with van der Waals surface area (Å²) in [7, 11) is 1.72. The molecule has 0 unspecified atom stereocenters. The van der Waals surface area contributed by atoms with Gasteiger partial charge in [-0.15, -0.1) is 11.3 Å². The Morgan fingerprint density at radius 2 is 1.38 bits per heavy atom. The molecule has 1 aliphatic heterocycles. The zero-order chi connectivity index (χ0) is 31.9. The Balaban J connectivity index is 1.64. The third kappa shape index (κ3) is 10.5. The van der Waals surface area contributed by atoms with E-state index in [0.29, 0.717) is 26.4 Å². The minimum Gasteiger partial charge on any atom is -0.497 e. The Hall–Kier alpha value is -2.00. The molecule has 0 spiro atoms. The number of hydrogen-bond donors (Lipinski definition) is 0. The Morgan fingerprint density at radius 1 is 0.711 bits per heavy atom. The Labute approximate surface area is 275 Å². The lowest BCUT2D eigenvalue weighted by atomic mass is 9.89. The zero-order valence-corrected chi connectivity index (χ0v) is 29.1. The summed E-state index contributed by atoms with van der Waals surface area (Å²) in [6.45, 7) is 12.0. The molecule has 250 valence electrons. The summed E-state index contributed by atoms with van der Waals surface area (Å²) < 4.78 is 39.9. The quantitative estimate of drug-likeness (QED) is 0.108. The van der Waals surface area contributed by atoms with Gasteiger partial charge in [0.05, 0.1) is 13.7 Å². The first kappa shape index (κ1) is 35.8. The Bertz CT molecular complexity index is 1240. The van der Waals surface area contributed by atoms with Crippen LogP contribution >= 0.6 is 11.3 Å². The van der Waals surface area contributed by atoms with Crippen molar-refractivity contribution in [2.45, 2.75) is 116 Å². The van der Waals surface area contributed by atoms with Gasteiger partial charge in [0, 0.05) is 42.4 Å². The Morgan fingerprint density at radius 3 is 2.07 bits per heavy atom. The summed E-state index contributed by atoms with van der Waals surface area (Å²) in [5, 5.41) is 1.22.